The molecule has 6 heteroatoms. The van der Waals surface area contributed by atoms with Crippen LogP contribution >= 0.6 is 22.9 Å². The molecule has 0 bridgehead atoms. The number of nitrogens with zero attached hydrogens (tertiary/aromatic N) is 1. The first-order valence-electron chi connectivity index (χ1n) is 8.60. The van der Waals surface area contributed by atoms with E-state index < -0.39 is 0 Å². The van der Waals surface area contributed by atoms with Crippen LogP contribution in [0.25, 0.3) is 0 Å². The van der Waals surface area contributed by atoms with Crippen LogP contribution in [0.5, 0.6) is 0 Å². The van der Waals surface area contributed by atoms with Crippen molar-refractivity contribution < 1.29 is 9.59 Å². The van der Waals surface area contributed by atoms with E-state index in [0.29, 0.717) is 27.0 Å². The van der Waals surface area contributed by atoms with Crippen molar-refractivity contribution in [1.82, 2.24) is 0 Å². The standard InChI is InChI=1S/C21H17ClN2O2S/c1-13-12-18(23-20(25)15-7-3-4-8-16(15)22)27-19(13)21(26)24-11-10-14-6-2-5-9-17(14)24/h2-9,12H,10-11H2,1H3,(H,23,25). The molecule has 2 amide bonds. The third-order valence-electron chi connectivity index (χ3n) is 4.60. The third kappa shape index (κ3) is 3.36. The van der Waals surface area contributed by atoms with Gasteiger partial charge in [0, 0.05) is 12.2 Å². The molecule has 2 heterocycles. The number of hydrogen-bond donors (Lipinski definition) is 1. The van der Waals surface area contributed by atoms with Gasteiger partial charge < -0.3 is 10.2 Å². The molecule has 0 fully saturated rings. The quantitative estimate of drug-likeness (QED) is 0.664. The lowest BCUT2D eigenvalue weighted by molar-refractivity contribution is 0.0990. The summed E-state index contributed by atoms with van der Waals surface area (Å²) in [6.07, 6.45) is 0.864. The maximum Gasteiger partial charge on any atom is 0.268 e. The van der Waals surface area contributed by atoms with Gasteiger partial charge in [0.25, 0.3) is 11.8 Å². The summed E-state index contributed by atoms with van der Waals surface area (Å²) in [6.45, 7) is 2.56. The fourth-order valence-electron chi connectivity index (χ4n) is 3.25. The Balaban J connectivity index is 1.56. The second-order valence-electron chi connectivity index (χ2n) is 6.39. The molecule has 0 aliphatic carbocycles. The second-order valence-corrected chi connectivity index (χ2v) is 7.85. The summed E-state index contributed by atoms with van der Waals surface area (Å²) in [5, 5.41) is 3.88. The second kappa shape index (κ2) is 7.18. The zero-order valence-electron chi connectivity index (χ0n) is 14.7. The van der Waals surface area contributed by atoms with E-state index in [1.54, 1.807) is 24.3 Å². The van der Waals surface area contributed by atoms with Crippen molar-refractivity contribution in [3.05, 3.63) is 81.2 Å². The van der Waals surface area contributed by atoms with Crippen LogP contribution < -0.4 is 10.2 Å². The molecule has 1 aromatic heterocycles. The molecule has 1 N–H and O–H groups in total. The molecule has 0 unspecified atom stereocenters. The Morgan fingerprint density at radius 2 is 1.85 bits per heavy atom. The summed E-state index contributed by atoms with van der Waals surface area (Å²) in [6, 6.07) is 16.7. The summed E-state index contributed by atoms with van der Waals surface area (Å²) in [7, 11) is 0. The predicted molar refractivity (Wildman–Crippen MR) is 110 cm³/mol. The van der Waals surface area contributed by atoms with E-state index in [9.17, 15) is 9.59 Å². The van der Waals surface area contributed by atoms with Crippen LogP contribution in [0.1, 0.15) is 31.2 Å². The summed E-state index contributed by atoms with van der Waals surface area (Å²) in [5.41, 5.74) is 3.42. The highest BCUT2D eigenvalue weighted by molar-refractivity contribution is 7.18. The van der Waals surface area contributed by atoms with Crippen molar-refractivity contribution in [2.45, 2.75) is 13.3 Å². The molecule has 0 saturated carbocycles. The maximum atomic E-state index is 13.1. The van der Waals surface area contributed by atoms with E-state index in [2.05, 4.69) is 11.4 Å². The first kappa shape index (κ1) is 17.8. The number of aryl methyl sites for hydroxylation is 1. The predicted octanol–water partition coefficient (Wildman–Crippen LogP) is 5.17. The van der Waals surface area contributed by atoms with E-state index in [-0.39, 0.29) is 11.8 Å². The summed E-state index contributed by atoms with van der Waals surface area (Å²) in [5.74, 6) is -0.312. The van der Waals surface area contributed by atoms with Gasteiger partial charge >= 0.3 is 0 Å². The van der Waals surface area contributed by atoms with Gasteiger partial charge in [-0.1, -0.05) is 41.9 Å². The Morgan fingerprint density at radius 3 is 2.67 bits per heavy atom. The van der Waals surface area contributed by atoms with Crippen LogP contribution in [0.15, 0.2) is 54.6 Å². The molecule has 0 radical (unpaired) electrons. The number of rotatable bonds is 3. The molecule has 0 atom stereocenters. The lowest BCUT2D eigenvalue weighted by Gasteiger charge is -2.16. The monoisotopic (exact) mass is 396 g/mol. The molecule has 4 nitrogen and oxygen atoms in total. The number of nitrogens with one attached hydrogen (secondary N) is 1. The number of carbonyl (C=O) groups is 2. The van der Waals surface area contributed by atoms with Gasteiger partial charge in [0.05, 0.1) is 20.5 Å². The highest BCUT2D eigenvalue weighted by Crippen LogP contribution is 2.33. The molecule has 0 saturated heterocycles. The van der Waals surface area contributed by atoms with Gasteiger partial charge in [-0.05, 0) is 48.7 Å². The van der Waals surface area contributed by atoms with Crippen molar-refractivity contribution in [1.29, 1.82) is 0 Å². The van der Waals surface area contributed by atoms with Gasteiger partial charge in [-0.3, -0.25) is 9.59 Å². The molecule has 3 aromatic rings. The van der Waals surface area contributed by atoms with E-state index in [0.717, 1.165) is 17.7 Å². The van der Waals surface area contributed by atoms with Gasteiger partial charge in [0.1, 0.15) is 0 Å². The van der Waals surface area contributed by atoms with Crippen LogP contribution in [-0.4, -0.2) is 18.4 Å². The van der Waals surface area contributed by atoms with Crippen LogP contribution in [0, 0.1) is 6.92 Å². The average Bonchev–Trinajstić information content (AvgIpc) is 3.25. The number of fused-ring (bicyclic) bond motifs is 1. The van der Waals surface area contributed by atoms with Crippen molar-refractivity contribution in [3.8, 4) is 0 Å². The van der Waals surface area contributed by atoms with Crippen molar-refractivity contribution in [2.75, 3.05) is 16.8 Å². The van der Waals surface area contributed by atoms with Crippen molar-refractivity contribution in [2.24, 2.45) is 0 Å². The minimum atomic E-state index is -0.285. The van der Waals surface area contributed by atoms with Gasteiger partial charge in [0.2, 0.25) is 0 Å². The Morgan fingerprint density at radius 1 is 1.11 bits per heavy atom. The van der Waals surface area contributed by atoms with Crippen LogP contribution in [0.3, 0.4) is 0 Å². The average molecular weight is 397 g/mol. The van der Waals surface area contributed by atoms with Gasteiger partial charge in [0.15, 0.2) is 0 Å². The maximum absolute atomic E-state index is 13.1. The topological polar surface area (TPSA) is 49.4 Å². The largest absolute Gasteiger partial charge is 0.313 e. The minimum Gasteiger partial charge on any atom is -0.313 e. The summed E-state index contributed by atoms with van der Waals surface area (Å²) >= 11 is 7.38. The summed E-state index contributed by atoms with van der Waals surface area (Å²) in [4.78, 5) is 28.0. The number of para-hydroxylation sites is 1. The van der Waals surface area contributed by atoms with E-state index in [1.165, 1.54) is 16.9 Å². The van der Waals surface area contributed by atoms with E-state index in [1.807, 2.05) is 36.1 Å². The van der Waals surface area contributed by atoms with Crippen LogP contribution in [0.2, 0.25) is 5.02 Å². The summed E-state index contributed by atoms with van der Waals surface area (Å²) < 4.78 is 0. The molecule has 0 spiro atoms. The number of benzene rings is 2. The van der Waals surface area contributed by atoms with Gasteiger partial charge in [-0.15, -0.1) is 11.3 Å². The minimum absolute atomic E-state index is 0.0271. The highest BCUT2D eigenvalue weighted by atomic mass is 35.5. The fourth-order valence-corrected chi connectivity index (χ4v) is 4.49. The van der Waals surface area contributed by atoms with Crippen molar-refractivity contribution in [3.63, 3.8) is 0 Å². The molecular formula is C21H17ClN2O2S. The number of hydrogen-bond acceptors (Lipinski definition) is 3. The number of amides is 2. The first-order valence-corrected chi connectivity index (χ1v) is 9.80. The number of carbonyl (C=O) groups excluding carboxylic acids is 2. The Bertz CT molecular complexity index is 1040. The zero-order chi connectivity index (χ0) is 19.0. The zero-order valence-corrected chi connectivity index (χ0v) is 16.2. The molecule has 1 aliphatic heterocycles. The fraction of sp³-hybridized carbons (Fsp3) is 0.143. The lowest BCUT2D eigenvalue weighted by atomic mass is 10.2. The molecule has 27 heavy (non-hydrogen) atoms. The molecular weight excluding hydrogens is 380 g/mol. The molecule has 4 rings (SSSR count). The SMILES string of the molecule is Cc1cc(NC(=O)c2ccccc2Cl)sc1C(=O)N1CCc2ccccc21. The number of anilines is 2. The Kier molecular flexibility index (Phi) is 4.72. The smallest absolute Gasteiger partial charge is 0.268 e. The third-order valence-corrected chi connectivity index (χ3v) is 6.07. The number of halogens is 1. The van der Waals surface area contributed by atoms with Gasteiger partial charge in [-0.25, -0.2) is 0 Å². The molecule has 2 aromatic carbocycles. The highest BCUT2D eigenvalue weighted by Gasteiger charge is 2.27. The van der Waals surface area contributed by atoms with E-state index in [4.69, 9.17) is 11.6 Å². The van der Waals surface area contributed by atoms with E-state index >= 15 is 0 Å². The Hall–Kier alpha value is -2.63. The number of thiophene rings is 1. The molecule has 136 valence electrons. The molecule has 1 aliphatic rings. The first-order chi connectivity index (χ1) is 13.0. The lowest BCUT2D eigenvalue weighted by Crippen LogP contribution is -2.28. The van der Waals surface area contributed by atoms with Crippen LogP contribution in [-0.2, 0) is 6.42 Å². The Labute approximate surface area is 166 Å². The normalized spacial score (nSPS) is 12.7. The van der Waals surface area contributed by atoms with Crippen LogP contribution in [0.4, 0.5) is 10.7 Å². The van der Waals surface area contributed by atoms with Gasteiger partial charge in [-0.2, -0.15) is 0 Å². The van der Waals surface area contributed by atoms with Crippen molar-refractivity contribution >= 4 is 45.4 Å².